The molecule has 0 bridgehead atoms. The van der Waals surface area contributed by atoms with Gasteiger partial charge < -0.3 is 9.73 Å². The van der Waals surface area contributed by atoms with Crippen molar-refractivity contribution in [3.63, 3.8) is 0 Å². The van der Waals surface area contributed by atoms with Gasteiger partial charge in [-0.2, -0.15) is 11.8 Å². The average Bonchev–Trinajstić information content (AvgIpc) is 2.63. The first kappa shape index (κ1) is 12.6. The lowest BCUT2D eigenvalue weighted by Gasteiger charge is -2.13. The summed E-state index contributed by atoms with van der Waals surface area (Å²) in [6.07, 6.45) is 3.96. The molecule has 0 unspecified atom stereocenters. The standard InChI is InChI=1S/C11H20N2OS/c1-12-7-10-6-11(14-9-10)8-13(2)4-5-15-3/h6,9,12H,4-5,7-8H2,1-3H3. The molecule has 0 aliphatic rings. The quantitative estimate of drug-likeness (QED) is 0.770. The Morgan fingerprint density at radius 2 is 2.33 bits per heavy atom. The predicted octanol–water partition coefficient (Wildman–Crippen LogP) is 1.79. The maximum Gasteiger partial charge on any atom is 0.118 e. The first-order valence-electron chi connectivity index (χ1n) is 5.14. The topological polar surface area (TPSA) is 28.4 Å². The monoisotopic (exact) mass is 228 g/mol. The Hall–Kier alpha value is -0.450. The summed E-state index contributed by atoms with van der Waals surface area (Å²) in [5.41, 5.74) is 1.21. The smallest absolute Gasteiger partial charge is 0.118 e. The van der Waals surface area contributed by atoms with Crippen LogP contribution in [0, 0.1) is 0 Å². The summed E-state index contributed by atoms with van der Waals surface area (Å²) in [6, 6.07) is 2.12. The van der Waals surface area contributed by atoms with Crippen LogP contribution in [0.1, 0.15) is 11.3 Å². The van der Waals surface area contributed by atoms with Crippen molar-refractivity contribution in [3.8, 4) is 0 Å². The van der Waals surface area contributed by atoms with Gasteiger partial charge in [-0.05, 0) is 26.4 Å². The summed E-state index contributed by atoms with van der Waals surface area (Å²) in [5.74, 6) is 2.21. The Morgan fingerprint density at radius 1 is 1.53 bits per heavy atom. The van der Waals surface area contributed by atoms with Gasteiger partial charge in [0.05, 0.1) is 12.8 Å². The lowest BCUT2D eigenvalue weighted by Crippen LogP contribution is -2.20. The van der Waals surface area contributed by atoms with Crippen LogP contribution in [0.4, 0.5) is 0 Å². The van der Waals surface area contributed by atoms with Crippen LogP contribution in [0.15, 0.2) is 16.7 Å². The van der Waals surface area contributed by atoms with E-state index in [1.807, 2.05) is 25.1 Å². The molecule has 4 heteroatoms. The molecule has 3 nitrogen and oxygen atoms in total. The van der Waals surface area contributed by atoms with Gasteiger partial charge in [0.15, 0.2) is 0 Å². The summed E-state index contributed by atoms with van der Waals surface area (Å²) >= 11 is 1.87. The van der Waals surface area contributed by atoms with Crippen molar-refractivity contribution in [1.82, 2.24) is 10.2 Å². The van der Waals surface area contributed by atoms with E-state index in [0.717, 1.165) is 25.4 Å². The van der Waals surface area contributed by atoms with Gasteiger partial charge in [-0.1, -0.05) is 0 Å². The van der Waals surface area contributed by atoms with Crippen LogP contribution >= 0.6 is 11.8 Å². The minimum Gasteiger partial charge on any atom is -0.468 e. The average molecular weight is 228 g/mol. The second-order valence-electron chi connectivity index (χ2n) is 3.68. The highest BCUT2D eigenvalue weighted by molar-refractivity contribution is 7.98. The molecule has 1 aromatic rings. The molecular weight excluding hydrogens is 208 g/mol. The summed E-state index contributed by atoms with van der Waals surface area (Å²) in [4.78, 5) is 2.28. The molecule has 1 N–H and O–H groups in total. The fraction of sp³-hybridized carbons (Fsp3) is 0.636. The third-order valence-corrected chi connectivity index (χ3v) is 2.78. The van der Waals surface area contributed by atoms with Gasteiger partial charge in [-0.15, -0.1) is 0 Å². The molecule has 0 fully saturated rings. The van der Waals surface area contributed by atoms with E-state index in [2.05, 4.69) is 29.6 Å². The van der Waals surface area contributed by atoms with Crippen molar-refractivity contribution in [2.24, 2.45) is 0 Å². The van der Waals surface area contributed by atoms with Crippen molar-refractivity contribution in [1.29, 1.82) is 0 Å². The Labute approximate surface area is 96.2 Å². The number of hydrogen-bond donors (Lipinski definition) is 1. The molecule has 1 aromatic heterocycles. The molecule has 0 aliphatic heterocycles. The largest absolute Gasteiger partial charge is 0.468 e. The highest BCUT2D eigenvalue weighted by Gasteiger charge is 2.04. The Bertz CT molecular complexity index is 275. The van der Waals surface area contributed by atoms with Gasteiger partial charge in [0.2, 0.25) is 0 Å². The van der Waals surface area contributed by atoms with E-state index < -0.39 is 0 Å². The van der Waals surface area contributed by atoms with Crippen LogP contribution in [0.2, 0.25) is 0 Å². The fourth-order valence-corrected chi connectivity index (χ4v) is 1.89. The van der Waals surface area contributed by atoms with Gasteiger partial charge in [-0.3, -0.25) is 4.90 Å². The highest BCUT2D eigenvalue weighted by atomic mass is 32.2. The first-order chi connectivity index (χ1) is 7.26. The zero-order valence-electron chi connectivity index (χ0n) is 9.75. The third kappa shape index (κ3) is 4.73. The van der Waals surface area contributed by atoms with Gasteiger partial charge in [-0.25, -0.2) is 0 Å². The Morgan fingerprint density at radius 3 is 3.00 bits per heavy atom. The maximum absolute atomic E-state index is 5.48. The van der Waals surface area contributed by atoms with Gasteiger partial charge in [0, 0.05) is 24.4 Å². The molecule has 0 aliphatic carbocycles. The Kier molecular flexibility index (Phi) is 5.83. The van der Waals surface area contributed by atoms with E-state index >= 15 is 0 Å². The molecular formula is C11H20N2OS. The van der Waals surface area contributed by atoms with Crippen LogP contribution in [0.3, 0.4) is 0 Å². The molecule has 0 radical (unpaired) electrons. The van der Waals surface area contributed by atoms with E-state index in [1.54, 1.807) is 0 Å². The number of rotatable bonds is 7. The zero-order chi connectivity index (χ0) is 11.1. The zero-order valence-corrected chi connectivity index (χ0v) is 10.6. The summed E-state index contributed by atoms with van der Waals surface area (Å²) in [5, 5.41) is 3.11. The van der Waals surface area contributed by atoms with Gasteiger partial charge in [0.1, 0.15) is 5.76 Å². The second kappa shape index (κ2) is 6.93. The van der Waals surface area contributed by atoms with Crippen LogP contribution in [-0.4, -0.2) is 37.5 Å². The first-order valence-corrected chi connectivity index (χ1v) is 6.54. The van der Waals surface area contributed by atoms with E-state index in [9.17, 15) is 0 Å². The normalized spacial score (nSPS) is 11.2. The van der Waals surface area contributed by atoms with Crippen molar-refractivity contribution in [3.05, 3.63) is 23.7 Å². The molecule has 1 heterocycles. The van der Waals surface area contributed by atoms with Crippen molar-refractivity contribution in [2.45, 2.75) is 13.1 Å². The molecule has 0 saturated carbocycles. The molecule has 0 atom stereocenters. The summed E-state index contributed by atoms with van der Waals surface area (Å²) in [6.45, 7) is 2.87. The number of hydrogen-bond acceptors (Lipinski definition) is 4. The van der Waals surface area contributed by atoms with Crippen molar-refractivity contribution < 1.29 is 4.42 Å². The number of thioether (sulfide) groups is 1. The van der Waals surface area contributed by atoms with E-state index in [4.69, 9.17) is 4.42 Å². The van der Waals surface area contributed by atoms with Gasteiger partial charge >= 0.3 is 0 Å². The summed E-state index contributed by atoms with van der Waals surface area (Å²) < 4.78 is 5.48. The van der Waals surface area contributed by atoms with Crippen molar-refractivity contribution >= 4 is 11.8 Å². The lowest BCUT2D eigenvalue weighted by atomic mass is 10.3. The summed E-state index contributed by atoms with van der Waals surface area (Å²) in [7, 11) is 4.06. The highest BCUT2D eigenvalue weighted by Crippen LogP contribution is 2.09. The Balaban J connectivity index is 2.35. The predicted molar refractivity (Wildman–Crippen MR) is 66.2 cm³/mol. The van der Waals surface area contributed by atoms with Crippen LogP contribution < -0.4 is 5.32 Å². The molecule has 0 amide bonds. The van der Waals surface area contributed by atoms with E-state index in [1.165, 1.54) is 11.3 Å². The second-order valence-corrected chi connectivity index (χ2v) is 4.67. The molecule has 0 spiro atoms. The SMILES string of the molecule is CNCc1coc(CN(C)CCSC)c1. The van der Waals surface area contributed by atoms with Crippen LogP contribution in [0.25, 0.3) is 0 Å². The van der Waals surface area contributed by atoms with Crippen LogP contribution in [0.5, 0.6) is 0 Å². The fourth-order valence-electron chi connectivity index (χ4n) is 1.40. The van der Waals surface area contributed by atoms with E-state index in [-0.39, 0.29) is 0 Å². The third-order valence-electron chi connectivity index (χ3n) is 2.19. The molecule has 86 valence electrons. The maximum atomic E-state index is 5.48. The molecule has 0 aromatic carbocycles. The molecule has 1 rings (SSSR count). The lowest BCUT2D eigenvalue weighted by molar-refractivity contribution is 0.311. The minimum absolute atomic E-state index is 0.873. The molecule has 15 heavy (non-hydrogen) atoms. The van der Waals surface area contributed by atoms with Gasteiger partial charge in [0.25, 0.3) is 0 Å². The number of furan rings is 1. The minimum atomic E-state index is 0.873. The van der Waals surface area contributed by atoms with Crippen molar-refractivity contribution in [2.75, 3.05) is 32.6 Å². The number of nitrogens with zero attached hydrogens (tertiary/aromatic N) is 1. The number of nitrogens with one attached hydrogen (secondary N) is 1. The molecule has 0 saturated heterocycles. The van der Waals surface area contributed by atoms with E-state index in [0.29, 0.717) is 0 Å². The van der Waals surface area contributed by atoms with Crippen LogP contribution in [-0.2, 0) is 13.1 Å².